The zero-order valence-corrected chi connectivity index (χ0v) is 50.5. The quantitative estimate of drug-likeness (QED) is 0.0521. The number of aldehydes is 1. The second kappa shape index (κ2) is 33.5. The Labute approximate surface area is 485 Å². The maximum atomic E-state index is 14.2. The number of carboxylic acid groups (broad SMARTS) is 2. The van der Waals surface area contributed by atoms with Crippen molar-refractivity contribution in [2.45, 2.75) is 225 Å². The molecule has 3 fully saturated rings. The van der Waals surface area contributed by atoms with Gasteiger partial charge in [0.05, 0.1) is 37.4 Å². The van der Waals surface area contributed by atoms with E-state index in [0.717, 1.165) is 0 Å². The van der Waals surface area contributed by atoms with Crippen LogP contribution in [0.1, 0.15) is 115 Å². The van der Waals surface area contributed by atoms with Crippen molar-refractivity contribution in [1.82, 2.24) is 4.90 Å². The van der Waals surface area contributed by atoms with Gasteiger partial charge in [-0.05, 0) is 72.5 Å². The molecule has 0 aliphatic carbocycles. The zero-order chi connectivity index (χ0) is 63.0. The summed E-state index contributed by atoms with van der Waals surface area (Å²) in [6.07, 6.45) is -12.1. The van der Waals surface area contributed by atoms with Crippen molar-refractivity contribution in [2.24, 2.45) is 35.5 Å². The normalized spacial score (nSPS) is 37.5. The van der Waals surface area contributed by atoms with Crippen LogP contribution in [0.15, 0.2) is 23.8 Å². The first-order valence-corrected chi connectivity index (χ1v) is 28.2. The van der Waals surface area contributed by atoms with E-state index in [0.29, 0.717) is 18.3 Å². The number of hydrogen-bond donors (Lipinski definition) is 7. The van der Waals surface area contributed by atoms with Gasteiger partial charge in [-0.1, -0.05) is 59.3 Å². The third kappa shape index (κ3) is 20.9. The van der Waals surface area contributed by atoms with Gasteiger partial charge in [0.2, 0.25) is 5.79 Å². The van der Waals surface area contributed by atoms with Crippen LogP contribution in [0.4, 0.5) is 0 Å². The Bertz CT molecular complexity index is 2150. The first kappa shape index (κ1) is 72.9. The van der Waals surface area contributed by atoms with Crippen molar-refractivity contribution in [3.63, 3.8) is 0 Å². The summed E-state index contributed by atoms with van der Waals surface area (Å²) in [6, 6.07) is -0.809. The highest BCUT2D eigenvalue weighted by atomic mass is 16.8. The molecule has 83 heavy (non-hydrogen) atoms. The molecule has 4 rings (SSSR count). The summed E-state index contributed by atoms with van der Waals surface area (Å²) in [7, 11) is 6.41. The fraction of sp³-hybridized carbons (Fsp3) is 0.807. The molecule has 0 amide bonds. The van der Waals surface area contributed by atoms with E-state index in [-0.39, 0.29) is 49.9 Å². The lowest BCUT2D eigenvalue weighted by molar-refractivity contribution is -0.378. The van der Waals surface area contributed by atoms with Gasteiger partial charge in [0.15, 0.2) is 43.0 Å². The minimum absolute atomic E-state index is 0.0378. The number of aliphatic carboxylic acids is 2. The maximum Gasteiger partial charge on any atom is 0.335 e. The van der Waals surface area contributed by atoms with Crippen LogP contribution in [-0.4, -0.2) is 228 Å². The lowest BCUT2D eigenvalue weighted by atomic mass is 9.79. The molecule has 0 aromatic rings. The molecule has 26 heteroatoms. The van der Waals surface area contributed by atoms with Crippen molar-refractivity contribution in [3.8, 4) is 0 Å². The number of carbonyl (C=O) groups excluding carboxylic acids is 5. The van der Waals surface area contributed by atoms with Gasteiger partial charge in [-0.15, -0.1) is 0 Å². The van der Waals surface area contributed by atoms with Crippen molar-refractivity contribution >= 4 is 41.9 Å². The third-order valence-corrected chi connectivity index (χ3v) is 15.3. The number of ketones is 1. The second-order valence-electron chi connectivity index (χ2n) is 22.9. The molecule has 4 aliphatic rings. The summed E-state index contributed by atoms with van der Waals surface area (Å²) in [5.74, 6) is -10.7. The number of hydrogen-bond acceptors (Lipinski definition) is 24. The number of aliphatic hydroxyl groups excluding tert-OH is 4. The van der Waals surface area contributed by atoms with Gasteiger partial charge in [0.1, 0.15) is 49.0 Å². The number of cyclic esters (lactones) is 1. The molecular formula is C57H93NO25. The van der Waals surface area contributed by atoms with Crippen LogP contribution < -0.4 is 0 Å². The molecule has 0 aromatic heterocycles. The smallest absolute Gasteiger partial charge is 0.335 e. The third-order valence-electron chi connectivity index (χ3n) is 15.3. The second-order valence-corrected chi connectivity index (χ2v) is 22.9. The summed E-state index contributed by atoms with van der Waals surface area (Å²) in [6.45, 7) is 18.7. The number of likely N-dealkylation sites (N-methyl/N-ethyl adjacent to an activating group) is 1. The number of ether oxygens (including phenoxy) is 11. The average molecular weight is 1190 g/mol. The van der Waals surface area contributed by atoms with Gasteiger partial charge >= 0.3 is 29.8 Å². The SMILES string of the molecule is CC[C@H]1OC(=O)C[C@@H](OC(C)=O)[C@H](C)[C@@H](O[C@@H]2O[C@H](C)[C@@H](O[C@@H]3C[C@@H](C)[C@H](OC(=O)CC(C)C)[C@](C)(O)O3)[C@H](N(C)C)[C@H]2O)[C@@H](CC=O)C[C@@H](C)C(=O)C=CC(C)=C[C@@H]1CO[C@@H]1O[C@H](C)[C@@H](O)[C@@H](OC)[C@H]1OC.O=C(O)[C@H](O)[C@@H](O)C(=O)O. The van der Waals surface area contributed by atoms with E-state index >= 15 is 0 Å². The van der Waals surface area contributed by atoms with E-state index in [1.807, 2.05) is 33.8 Å². The van der Waals surface area contributed by atoms with E-state index in [4.69, 9.17) is 72.5 Å². The van der Waals surface area contributed by atoms with Crippen molar-refractivity contribution in [3.05, 3.63) is 23.8 Å². The molecule has 0 spiro atoms. The predicted molar refractivity (Wildman–Crippen MR) is 290 cm³/mol. The molecule has 476 valence electrons. The monoisotopic (exact) mass is 1190 g/mol. The number of methoxy groups -OCH3 is 2. The summed E-state index contributed by atoms with van der Waals surface area (Å²) < 4.78 is 67.1. The first-order valence-electron chi connectivity index (χ1n) is 28.2. The summed E-state index contributed by atoms with van der Waals surface area (Å²) in [5, 5.41) is 66.9. The highest BCUT2D eigenvalue weighted by Crippen LogP contribution is 2.40. The highest BCUT2D eigenvalue weighted by molar-refractivity contribution is 5.91. The number of carbonyl (C=O) groups is 7. The molecule has 7 N–H and O–H groups in total. The van der Waals surface area contributed by atoms with E-state index in [1.54, 1.807) is 59.7 Å². The molecule has 0 unspecified atom stereocenters. The molecule has 0 saturated carbocycles. The summed E-state index contributed by atoms with van der Waals surface area (Å²) in [5.41, 5.74) is 0.663. The van der Waals surface area contributed by atoms with Crippen LogP contribution >= 0.6 is 0 Å². The number of rotatable bonds is 20. The van der Waals surface area contributed by atoms with Crippen molar-refractivity contribution < 1.29 is 121 Å². The lowest BCUT2D eigenvalue weighted by Crippen LogP contribution is -2.65. The van der Waals surface area contributed by atoms with Gasteiger partial charge in [-0.25, -0.2) is 9.59 Å². The fourth-order valence-electron chi connectivity index (χ4n) is 10.9. The molecule has 4 aliphatic heterocycles. The Morgan fingerprint density at radius 3 is 1.96 bits per heavy atom. The standard InChI is InChI=1S/C53H87NO19.C4H6O6/c1-16-38-36(26-65-52-49(64-15)48(63-14)44(60)32(8)66-52)22-28(4)17-18-37(57)29(5)23-35(19-20-55)46(31(7)39(68-34(10)56)25-41(59)69-38)72-51-45(61)43(54(12)13)47(33(9)67-51)71-42-24-30(6)50(53(11,62)73-42)70-40(58)21-27(2)3;5-1(3(7)8)2(6)4(9)10/h17-18,20,22,27,29-33,35-36,38-39,42-52,60-62H,16,19,21,23-26H2,1-15H3;1-2,5-6H,(H,7,8)(H,9,10)/t29-,30-,31+,32-,33-,35+,36-,38-,39-,42+,43-,44-,45-,46-,47-,48-,49-,50+,51+,52-,53-;1-,2-/m11/s1. The largest absolute Gasteiger partial charge is 0.479 e. The number of aliphatic hydroxyl groups is 5. The number of nitrogens with zero attached hydrogens (tertiary/aromatic N) is 1. The molecule has 4 heterocycles. The van der Waals surface area contributed by atoms with Gasteiger partial charge in [0.25, 0.3) is 0 Å². The topological polar surface area (TPSA) is 366 Å². The maximum absolute atomic E-state index is 14.2. The van der Waals surface area contributed by atoms with Crippen LogP contribution in [0.5, 0.6) is 0 Å². The van der Waals surface area contributed by atoms with E-state index in [9.17, 15) is 48.9 Å². The van der Waals surface area contributed by atoms with E-state index in [2.05, 4.69) is 0 Å². The van der Waals surface area contributed by atoms with Gasteiger partial charge in [-0.3, -0.25) is 19.2 Å². The van der Waals surface area contributed by atoms with Crippen LogP contribution in [0.3, 0.4) is 0 Å². The molecule has 0 radical (unpaired) electrons. The minimum atomic E-state index is -2.27. The van der Waals surface area contributed by atoms with Gasteiger partial charge < -0.3 is 97.5 Å². The molecule has 0 bridgehead atoms. The lowest BCUT2D eigenvalue weighted by Gasteiger charge is -2.50. The van der Waals surface area contributed by atoms with Crippen LogP contribution in [0.25, 0.3) is 0 Å². The molecule has 0 aromatic carbocycles. The molecular weight excluding hydrogens is 1100 g/mol. The Balaban J connectivity index is 0.00000164. The Morgan fingerprint density at radius 1 is 0.843 bits per heavy atom. The average Bonchev–Trinajstić information content (AvgIpc) is 3.61. The predicted octanol–water partition coefficient (Wildman–Crippen LogP) is 2.08. The Kier molecular flexibility index (Phi) is 29.4. The zero-order valence-electron chi connectivity index (χ0n) is 50.5. The molecule has 23 atom stereocenters. The Hall–Kier alpha value is -4.39. The van der Waals surface area contributed by atoms with Crippen LogP contribution in [0, 0.1) is 35.5 Å². The molecule has 3 saturated heterocycles. The van der Waals surface area contributed by atoms with Crippen molar-refractivity contribution in [2.75, 3.05) is 34.9 Å². The first-order chi connectivity index (χ1) is 38.7. The van der Waals surface area contributed by atoms with Gasteiger partial charge in [0, 0.05) is 64.1 Å². The number of carboxylic acids is 2. The van der Waals surface area contributed by atoms with Gasteiger partial charge in [-0.2, -0.15) is 0 Å². The van der Waals surface area contributed by atoms with E-state index in [1.165, 1.54) is 34.1 Å². The fourth-order valence-corrected chi connectivity index (χ4v) is 10.9. The minimum Gasteiger partial charge on any atom is -0.479 e. The van der Waals surface area contributed by atoms with Crippen LogP contribution in [0.2, 0.25) is 0 Å². The summed E-state index contributed by atoms with van der Waals surface area (Å²) >= 11 is 0. The number of allylic oxidation sites excluding steroid dienone is 3. The highest BCUT2D eigenvalue weighted by Gasteiger charge is 2.53. The molecule has 26 nitrogen and oxygen atoms in total. The Morgan fingerprint density at radius 2 is 1.45 bits per heavy atom. The van der Waals surface area contributed by atoms with E-state index < -0.39 is 170 Å². The van der Waals surface area contributed by atoms with Crippen LogP contribution in [-0.2, 0) is 85.7 Å². The summed E-state index contributed by atoms with van der Waals surface area (Å²) in [4.78, 5) is 87.4. The number of esters is 3. The van der Waals surface area contributed by atoms with Crippen molar-refractivity contribution in [1.29, 1.82) is 0 Å².